The molecule has 1 aromatic carbocycles. The van der Waals surface area contributed by atoms with Crippen LogP contribution in [0, 0.1) is 0 Å². The minimum Gasteiger partial charge on any atom is -0.353 e. The Balaban J connectivity index is 0.00000341. The van der Waals surface area contributed by atoms with Crippen molar-refractivity contribution in [3.63, 3.8) is 0 Å². The Bertz CT molecular complexity index is 798. The number of fused-ring (bicyclic) bond motifs is 1. The highest BCUT2D eigenvalue weighted by molar-refractivity contribution is 14.0. The molecule has 1 N–H and O–H groups in total. The van der Waals surface area contributed by atoms with Crippen molar-refractivity contribution in [2.24, 2.45) is 4.99 Å². The van der Waals surface area contributed by atoms with Crippen LogP contribution in [-0.2, 0) is 9.59 Å². The smallest absolute Gasteiger partial charge is 0.243 e. The molecule has 2 aliphatic heterocycles. The Morgan fingerprint density at radius 2 is 2.06 bits per heavy atom. The van der Waals surface area contributed by atoms with Gasteiger partial charge in [-0.3, -0.25) is 9.59 Å². The van der Waals surface area contributed by atoms with Crippen LogP contribution in [0.25, 0.3) is 0 Å². The zero-order chi connectivity index (χ0) is 21.7. The van der Waals surface area contributed by atoms with Gasteiger partial charge in [-0.2, -0.15) is 0 Å². The van der Waals surface area contributed by atoms with E-state index in [1.165, 1.54) is 5.56 Å². The Morgan fingerprint density at radius 3 is 2.71 bits per heavy atom. The average molecular weight is 541 g/mol. The molecule has 3 rings (SSSR count). The standard InChI is InChI=1S/C23H35N5O2.HI/c1-5-17(2)25-23(24-15-22(30)26(3)4)28-16-18(19-9-6-7-10-20(19)28)12-14-27-13-8-11-21(27)29;/h6-7,9-10,17-18H,5,8,11-16H2,1-4H3,(H,24,25);1H. The van der Waals surface area contributed by atoms with Crippen molar-refractivity contribution in [3.8, 4) is 0 Å². The summed E-state index contributed by atoms with van der Waals surface area (Å²) in [5, 5.41) is 3.51. The molecule has 7 nitrogen and oxygen atoms in total. The maximum atomic E-state index is 12.1. The van der Waals surface area contributed by atoms with E-state index in [-0.39, 0.29) is 48.4 Å². The van der Waals surface area contributed by atoms with E-state index in [2.05, 4.69) is 47.3 Å². The number of likely N-dealkylation sites (tertiary alicyclic amines) is 1. The largest absolute Gasteiger partial charge is 0.353 e. The highest BCUT2D eigenvalue weighted by Crippen LogP contribution is 2.38. The molecule has 31 heavy (non-hydrogen) atoms. The molecule has 1 saturated heterocycles. The number of amides is 2. The first-order valence-corrected chi connectivity index (χ1v) is 11.1. The van der Waals surface area contributed by atoms with Gasteiger partial charge in [0.25, 0.3) is 0 Å². The molecule has 0 saturated carbocycles. The first-order valence-electron chi connectivity index (χ1n) is 11.1. The molecule has 2 unspecified atom stereocenters. The van der Waals surface area contributed by atoms with Crippen molar-refractivity contribution >= 4 is 47.4 Å². The van der Waals surface area contributed by atoms with Gasteiger partial charge < -0.3 is 20.0 Å². The molecule has 2 heterocycles. The number of anilines is 1. The summed E-state index contributed by atoms with van der Waals surface area (Å²) < 4.78 is 0. The number of guanidine groups is 1. The Hall–Kier alpha value is -1.84. The highest BCUT2D eigenvalue weighted by atomic mass is 127. The van der Waals surface area contributed by atoms with Gasteiger partial charge in [-0.25, -0.2) is 4.99 Å². The van der Waals surface area contributed by atoms with Gasteiger partial charge in [0.1, 0.15) is 6.54 Å². The van der Waals surface area contributed by atoms with Crippen molar-refractivity contribution in [2.45, 2.75) is 51.5 Å². The first kappa shape index (κ1) is 25.4. The number of benzene rings is 1. The number of carbonyl (C=O) groups is 2. The van der Waals surface area contributed by atoms with Crippen LogP contribution in [0.5, 0.6) is 0 Å². The monoisotopic (exact) mass is 541 g/mol. The van der Waals surface area contributed by atoms with E-state index < -0.39 is 0 Å². The Kier molecular flexibility index (Phi) is 9.58. The average Bonchev–Trinajstić information content (AvgIpc) is 3.32. The fourth-order valence-corrected chi connectivity index (χ4v) is 4.01. The van der Waals surface area contributed by atoms with Crippen LogP contribution in [0.15, 0.2) is 29.3 Å². The molecule has 2 amide bonds. The third-order valence-corrected chi connectivity index (χ3v) is 6.10. The van der Waals surface area contributed by atoms with Crippen LogP contribution >= 0.6 is 24.0 Å². The van der Waals surface area contributed by atoms with Gasteiger partial charge >= 0.3 is 0 Å². The second kappa shape index (κ2) is 11.7. The molecule has 0 aromatic heterocycles. The zero-order valence-corrected chi connectivity index (χ0v) is 21.5. The first-order chi connectivity index (χ1) is 14.4. The van der Waals surface area contributed by atoms with E-state index in [1.54, 1.807) is 19.0 Å². The number of likely N-dealkylation sites (N-methyl/N-ethyl adjacent to an activating group) is 1. The molecule has 0 aliphatic carbocycles. The summed E-state index contributed by atoms with van der Waals surface area (Å²) in [7, 11) is 3.50. The number of hydrogen-bond donors (Lipinski definition) is 1. The van der Waals surface area contributed by atoms with Crippen molar-refractivity contribution in [3.05, 3.63) is 29.8 Å². The number of hydrogen-bond acceptors (Lipinski definition) is 3. The van der Waals surface area contributed by atoms with Crippen molar-refractivity contribution < 1.29 is 9.59 Å². The minimum absolute atomic E-state index is 0. The number of nitrogens with one attached hydrogen (secondary N) is 1. The summed E-state index contributed by atoms with van der Waals surface area (Å²) in [6.07, 6.45) is 3.56. The van der Waals surface area contributed by atoms with E-state index in [0.29, 0.717) is 12.3 Å². The maximum absolute atomic E-state index is 12.1. The van der Waals surface area contributed by atoms with E-state index in [0.717, 1.165) is 50.5 Å². The molecule has 8 heteroatoms. The summed E-state index contributed by atoms with van der Waals surface area (Å²) in [5.41, 5.74) is 2.43. The fraction of sp³-hybridized carbons (Fsp3) is 0.609. The number of halogens is 1. The summed E-state index contributed by atoms with van der Waals surface area (Å²) in [6.45, 7) is 6.87. The number of nitrogens with zero attached hydrogens (tertiary/aromatic N) is 4. The van der Waals surface area contributed by atoms with Gasteiger partial charge in [-0.05, 0) is 37.8 Å². The molecule has 0 radical (unpaired) electrons. The SMILES string of the molecule is CCC(C)NC(=NCC(=O)N(C)C)N1CC(CCN2CCCC2=O)c2ccccc21.I. The fourth-order valence-electron chi connectivity index (χ4n) is 4.01. The Morgan fingerprint density at radius 1 is 1.32 bits per heavy atom. The third kappa shape index (κ3) is 6.33. The van der Waals surface area contributed by atoms with Crippen LogP contribution in [0.3, 0.4) is 0 Å². The van der Waals surface area contributed by atoms with Gasteiger partial charge in [0.15, 0.2) is 5.96 Å². The molecule has 0 spiro atoms. The summed E-state index contributed by atoms with van der Waals surface area (Å²) in [4.78, 5) is 34.6. The normalized spacial score (nSPS) is 19.2. The van der Waals surface area contributed by atoms with Crippen molar-refractivity contribution in [1.82, 2.24) is 15.1 Å². The highest BCUT2D eigenvalue weighted by Gasteiger charge is 2.32. The third-order valence-electron chi connectivity index (χ3n) is 6.10. The van der Waals surface area contributed by atoms with Crippen LogP contribution in [-0.4, -0.2) is 73.9 Å². The molecular weight excluding hydrogens is 505 g/mol. The van der Waals surface area contributed by atoms with Crippen molar-refractivity contribution in [1.29, 1.82) is 0 Å². The van der Waals surface area contributed by atoms with Crippen LogP contribution in [0.2, 0.25) is 0 Å². The number of para-hydroxylation sites is 1. The van der Waals surface area contributed by atoms with Crippen molar-refractivity contribution in [2.75, 3.05) is 45.2 Å². The lowest BCUT2D eigenvalue weighted by Crippen LogP contribution is -2.45. The predicted molar refractivity (Wildman–Crippen MR) is 136 cm³/mol. The van der Waals surface area contributed by atoms with E-state index in [9.17, 15) is 9.59 Å². The Labute approximate surface area is 203 Å². The molecule has 172 valence electrons. The minimum atomic E-state index is -0.0185. The lowest BCUT2D eigenvalue weighted by Gasteiger charge is -2.26. The lowest BCUT2D eigenvalue weighted by atomic mass is 9.98. The number of aliphatic imine (C=N–C) groups is 1. The van der Waals surface area contributed by atoms with Gasteiger partial charge in [0.05, 0.1) is 0 Å². The number of carbonyl (C=O) groups excluding carboxylic acids is 2. The molecule has 0 bridgehead atoms. The molecular formula is C23H36IN5O2. The predicted octanol–water partition coefficient (Wildman–Crippen LogP) is 3.05. The molecule has 1 fully saturated rings. The lowest BCUT2D eigenvalue weighted by molar-refractivity contribution is -0.128. The van der Waals surface area contributed by atoms with Crippen LogP contribution < -0.4 is 10.2 Å². The quantitative estimate of drug-likeness (QED) is 0.328. The van der Waals surface area contributed by atoms with Gasteiger partial charge in [-0.1, -0.05) is 25.1 Å². The summed E-state index contributed by atoms with van der Waals surface area (Å²) in [5.74, 6) is 1.35. The number of rotatable bonds is 7. The van der Waals surface area contributed by atoms with E-state index in [1.807, 2.05) is 11.0 Å². The van der Waals surface area contributed by atoms with Crippen LogP contribution in [0.4, 0.5) is 5.69 Å². The van der Waals surface area contributed by atoms with Gasteiger partial charge in [-0.15, -0.1) is 24.0 Å². The maximum Gasteiger partial charge on any atom is 0.243 e. The summed E-state index contributed by atoms with van der Waals surface area (Å²) in [6, 6.07) is 8.68. The second-order valence-corrected chi connectivity index (χ2v) is 8.52. The van der Waals surface area contributed by atoms with E-state index in [4.69, 9.17) is 0 Å². The van der Waals surface area contributed by atoms with Gasteiger partial charge in [0.2, 0.25) is 11.8 Å². The molecule has 1 aromatic rings. The molecule has 2 atom stereocenters. The van der Waals surface area contributed by atoms with Gasteiger partial charge in [0, 0.05) is 57.8 Å². The summed E-state index contributed by atoms with van der Waals surface area (Å²) >= 11 is 0. The second-order valence-electron chi connectivity index (χ2n) is 8.52. The topological polar surface area (TPSA) is 68.2 Å². The van der Waals surface area contributed by atoms with Crippen LogP contribution in [0.1, 0.15) is 51.0 Å². The molecule has 2 aliphatic rings. The van der Waals surface area contributed by atoms with E-state index >= 15 is 0 Å². The zero-order valence-electron chi connectivity index (χ0n) is 19.1.